The minimum atomic E-state index is -0.668. The lowest BCUT2D eigenvalue weighted by atomic mass is 9.69. The Balaban J connectivity index is 1.59. The SMILES string of the molecule is COc1ccccc1CCC(=O)N1C[C@@H](C)[C@](O)(C2CCC2)C1. The van der Waals surface area contributed by atoms with Gasteiger partial charge in [0.15, 0.2) is 0 Å². The fourth-order valence-electron chi connectivity index (χ4n) is 3.95. The minimum absolute atomic E-state index is 0.137. The average molecular weight is 317 g/mol. The predicted octanol–water partition coefficient (Wildman–Crippen LogP) is 2.64. The molecule has 2 fully saturated rings. The molecule has 23 heavy (non-hydrogen) atoms. The molecule has 0 bridgehead atoms. The number of aryl methyl sites for hydroxylation is 1. The number of carbonyl (C=O) groups is 1. The Hall–Kier alpha value is -1.55. The zero-order chi connectivity index (χ0) is 16.4. The van der Waals surface area contributed by atoms with Gasteiger partial charge in [0.2, 0.25) is 5.91 Å². The fraction of sp³-hybridized carbons (Fsp3) is 0.632. The quantitative estimate of drug-likeness (QED) is 0.908. The summed E-state index contributed by atoms with van der Waals surface area (Å²) in [7, 11) is 1.65. The monoisotopic (exact) mass is 317 g/mol. The molecule has 0 radical (unpaired) electrons. The number of methoxy groups -OCH3 is 1. The minimum Gasteiger partial charge on any atom is -0.496 e. The second-order valence-corrected chi connectivity index (χ2v) is 7.11. The molecule has 3 rings (SSSR count). The van der Waals surface area contributed by atoms with E-state index in [2.05, 4.69) is 6.92 Å². The Morgan fingerprint density at radius 2 is 2.13 bits per heavy atom. The lowest BCUT2D eigenvalue weighted by molar-refractivity contribution is -0.132. The van der Waals surface area contributed by atoms with Gasteiger partial charge in [-0.1, -0.05) is 31.5 Å². The van der Waals surface area contributed by atoms with Crippen molar-refractivity contribution in [1.82, 2.24) is 4.90 Å². The molecule has 1 aromatic carbocycles. The zero-order valence-electron chi connectivity index (χ0n) is 14.1. The molecule has 1 N–H and O–H groups in total. The van der Waals surface area contributed by atoms with E-state index in [1.165, 1.54) is 6.42 Å². The molecule has 1 saturated heterocycles. The summed E-state index contributed by atoms with van der Waals surface area (Å²) in [6.45, 7) is 3.26. The summed E-state index contributed by atoms with van der Waals surface area (Å²) < 4.78 is 5.34. The molecule has 0 spiro atoms. The van der Waals surface area contributed by atoms with E-state index in [9.17, 15) is 9.90 Å². The smallest absolute Gasteiger partial charge is 0.223 e. The van der Waals surface area contributed by atoms with Crippen molar-refractivity contribution in [2.45, 2.75) is 44.6 Å². The first-order valence-corrected chi connectivity index (χ1v) is 8.66. The van der Waals surface area contributed by atoms with Crippen LogP contribution in [-0.4, -0.2) is 41.7 Å². The Morgan fingerprint density at radius 3 is 2.78 bits per heavy atom. The third-order valence-corrected chi connectivity index (χ3v) is 5.76. The van der Waals surface area contributed by atoms with E-state index in [1.54, 1.807) is 7.11 Å². The largest absolute Gasteiger partial charge is 0.496 e. The first-order chi connectivity index (χ1) is 11.0. The molecule has 0 unspecified atom stereocenters. The Kier molecular flexibility index (Phi) is 4.62. The van der Waals surface area contributed by atoms with Gasteiger partial charge in [0.1, 0.15) is 5.75 Å². The second kappa shape index (κ2) is 6.52. The van der Waals surface area contributed by atoms with Crippen LogP contribution in [0.2, 0.25) is 0 Å². The molecule has 2 atom stereocenters. The normalized spacial score (nSPS) is 27.8. The van der Waals surface area contributed by atoms with Crippen LogP contribution in [0.4, 0.5) is 0 Å². The molecule has 1 heterocycles. The molecule has 2 aliphatic rings. The van der Waals surface area contributed by atoms with E-state index in [0.29, 0.717) is 31.8 Å². The molecule has 1 saturated carbocycles. The van der Waals surface area contributed by atoms with Gasteiger partial charge in [-0.05, 0) is 36.8 Å². The number of amides is 1. The number of rotatable bonds is 5. The van der Waals surface area contributed by atoms with Gasteiger partial charge in [-0.2, -0.15) is 0 Å². The van der Waals surface area contributed by atoms with Crippen LogP contribution in [0, 0.1) is 11.8 Å². The van der Waals surface area contributed by atoms with Crippen molar-refractivity contribution in [2.75, 3.05) is 20.2 Å². The number of aliphatic hydroxyl groups is 1. The second-order valence-electron chi connectivity index (χ2n) is 7.11. The molecular weight excluding hydrogens is 290 g/mol. The number of β-amino-alcohol motifs (C(OH)–C–C–N with tert-alkyl or cyclic N) is 1. The van der Waals surface area contributed by atoms with Crippen LogP contribution in [0.5, 0.6) is 5.75 Å². The van der Waals surface area contributed by atoms with Gasteiger partial charge in [0.05, 0.1) is 12.7 Å². The summed E-state index contributed by atoms with van der Waals surface area (Å²) in [6.07, 6.45) is 4.55. The highest BCUT2D eigenvalue weighted by molar-refractivity contribution is 5.77. The molecule has 4 nitrogen and oxygen atoms in total. The van der Waals surface area contributed by atoms with Crippen LogP contribution in [-0.2, 0) is 11.2 Å². The van der Waals surface area contributed by atoms with Gasteiger partial charge in [0, 0.05) is 25.4 Å². The third kappa shape index (κ3) is 3.09. The number of carbonyl (C=O) groups excluding carboxylic acids is 1. The van der Waals surface area contributed by atoms with Crippen LogP contribution in [0.25, 0.3) is 0 Å². The number of hydrogen-bond acceptors (Lipinski definition) is 3. The van der Waals surface area contributed by atoms with E-state index < -0.39 is 5.60 Å². The van der Waals surface area contributed by atoms with Gasteiger partial charge < -0.3 is 14.7 Å². The zero-order valence-corrected chi connectivity index (χ0v) is 14.1. The first-order valence-electron chi connectivity index (χ1n) is 8.66. The number of nitrogens with zero attached hydrogens (tertiary/aromatic N) is 1. The first kappa shape index (κ1) is 16.3. The summed E-state index contributed by atoms with van der Waals surface area (Å²) in [6, 6.07) is 7.83. The molecule has 0 aromatic heterocycles. The van der Waals surface area contributed by atoms with Gasteiger partial charge in [-0.3, -0.25) is 4.79 Å². The highest BCUT2D eigenvalue weighted by atomic mass is 16.5. The maximum absolute atomic E-state index is 12.6. The van der Waals surface area contributed by atoms with Crippen molar-refractivity contribution in [3.63, 3.8) is 0 Å². The molecule has 126 valence electrons. The number of likely N-dealkylation sites (tertiary alicyclic amines) is 1. The van der Waals surface area contributed by atoms with Crippen molar-refractivity contribution < 1.29 is 14.6 Å². The van der Waals surface area contributed by atoms with E-state index in [-0.39, 0.29) is 11.8 Å². The van der Waals surface area contributed by atoms with Crippen LogP contribution >= 0.6 is 0 Å². The van der Waals surface area contributed by atoms with Crippen molar-refractivity contribution in [1.29, 1.82) is 0 Å². The lowest BCUT2D eigenvalue weighted by Gasteiger charge is -2.41. The van der Waals surface area contributed by atoms with Gasteiger partial charge in [-0.25, -0.2) is 0 Å². The maximum atomic E-state index is 12.6. The fourth-order valence-corrected chi connectivity index (χ4v) is 3.95. The summed E-state index contributed by atoms with van der Waals surface area (Å²) in [4.78, 5) is 14.4. The van der Waals surface area contributed by atoms with E-state index in [1.807, 2.05) is 29.2 Å². The molecule has 1 amide bonds. The predicted molar refractivity (Wildman–Crippen MR) is 89.3 cm³/mol. The third-order valence-electron chi connectivity index (χ3n) is 5.76. The van der Waals surface area contributed by atoms with Crippen LogP contribution in [0.15, 0.2) is 24.3 Å². The van der Waals surface area contributed by atoms with Crippen LogP contribution in [0.3, 0.4) is 0 Å². The van der Waals surface area contributed by atoms with Gasteiger partial charge in [-0.15, -0.1) is 0 Å². The molecule has 1 aliphatic heterocycles. The highest BCUT2D eigenvalue weighted by Gasteiger charge is 2.50. The topological polar surface area (TPSA) is 49.8 Å². The Labute approximate surface area is 138 Å². The summed E-state index contributed by atoms with van der Waals surface area (Å²) in [5, 5.41) is 11.0. The molecule has 1 aliphatic carbocycles. The molecular formula is C19H27NO3. The maximum Gasteiger partial charge on any atom is 0.223 e. The van der Waals surface area contributed by atoms with Crippen LogP contribution < -0.4 is 4.74 Å². The van der Waals surface area contributed by atoms with Gasteiger partial charge >= 0.3 is 0 Å². The average Bonchev–Trinajstić information content (AvgIpc) is 2.79. The number of ether oxygens (including phenoxy) is 1. The van der Waals surface area contributed by atoms with Crippen molar-refractivity contribution in [2.24, 2.45) is 11.8 Å². The van der Waals surface area contributed by atoms with Crippen molar-refractivity contribution >= 4 is 5.91 Å². The number of para-hydroxylation sites is 1. The summed E-state index contributed by atoms with van der Waals surface area (Å²) in [5.41, 5.74) is 0.392. The standard InChI is InChI=1S/C19H27NO3/c1-14-12-20(13-19(14,22)16-7-5-8-16)18(21)11-10-15-6-3-4-9-17(15)23-2/h3-4,6,9,14,16,22H,5,7-8,10-13H2,1-2H3/t14-,19+/m1/s1. The Morgan fingerprint density at radius 1 is 1.39 bits per heavy atom. The molecule has 1 aromatic rings. The lowest BCUT2D eigenvalue weighted by Crippen LogP contribution is -2.48. The van der Waals surface area contributed by atoms with Gasteiger partial charge in [0.25, 0.3) is 0 Å². The number of benzene rings is 1. The summed E-state index contributed by atoms with van der Waals surface area (Å²) in [5.74, 6) is 1.52. The summed E-state index contributed by atoms with van der Waals surface area (Å²) >= 11 is 0. The van der Waals surface area contributed by atoms with Crippen LogP contribution in [0.1, 0.15) is 38.2 Å². The Bertz CT molecular complexity index is 569. The highest BCUT2D eigenvalue weighted by Crippen LogP contribution is 2.44. The van der Waals surface area contributed by atoms with E-state index in [0.717, 1.165) is 24.2 Å². The van der Waals surface area contributed by atoms with Crippen molar-refractivity contribution in [3.8, 4) is 5.75 Å². The molecule has 4 heteroatoms. The van der Waals surface area contributed by atoms with Crippen molar-refractivity contribution in [3.05, 3.63) is 29.8 Å². The van der Waals surface area contributed by atoms with E-state index >= 15 is 0 Å². The van der Waals surface area contributed by atoms with E-state index in [4.69, 9.17) is 4.74 Å². The number of hydrogen-bond donors (Lipinski definition) is 1.